The van der Waals surface area contributed by atoms with Crippen LogP contribution in [-0.4, -0.2) is 20.7 Å². The van der Waals surface area contributed by atoms with E-state index in [1.165, 1.54) is 0 Å². The lowest BCUT2D eigenvalue weighted by Crippen LogP contribution is -2.30. The monoisotopic (exact) mass is 337 g/mol. The van der Waals surface area contributed by atoms with Gasteiger partial charge in [0.15, 0.2) is 3.79 Å². The SMILES string of the molecule is CCNC(=S)CCC(C)(C)C(Cl)CC(Cl)(Cl)Cl. The molecule has 17 heavy (non-hydrogen) atoms. The molecule has 102 valence electrons. The number of hydrogen-bond donors (Lipinski definition) is 1. The van der Waals surface area contributed by atoms with Crippen LogP contribution in [0.25, 0.3) is 0 Å². The second-order valence-corrected chi connectivity index (χ2v) is 8.26. The van der Waals surface area contributed by atoms with Crippen molar-refractivity contribution in [3.05, 3.63) is 0 Å². The minimum atomic E-state index is -1.30. The third kappa shape index (κ3) is 8.72. The van der Waals surface area contributed by atoms with Crippen molar-refractivity contribution >= 4 is 63.6 Å². The molecule has 0 rings (SSSR count). The lowest BCUT2D eigenvalue weighted by molar-refractivity contribution is 0.313. The van der Waals surface area contributed by atoms with Gasteiger partial charge >= 0.3 is 0 Å². The second-order valence-electron chi connectivity index (χ2n) is 4.73. The van der Waals surface area contributed by atoms with Gasteiger partial charge in [-0.05, 0) is 25.2 Å². The normalized spacial score (nSPS) is 14.5. The molecule has 0 bridgehead atoms. The van der Waals surface area contributed by atoms with Gasteiger partial charge in [-0.3, -0.25) is 0 Å². The number of halogens is 4. The summed E-state index contributed by atoms with van der Waals surface area (Å²) < 4.78 is -1.30. The third-order valence-corrected chi connectivity index (χ3v) is 4.19. The Balaban J connectivity index is 4.22. The van der Waals surface area contributed by atoms with E-state index in [1.807, 2.05) is 6.92 Å². The van der Waals surface area contributed by atoms with Crippen LogP contribution in [0.1, 0.15) is 40.0 Å². The molecule has 0 aliphatic carbocycles. The highest BCUT2D eigenvalue weighted by Gasteiger charge is 2.34. The predicted octanol–water partition coefficient (Wildman–Crippen LogP) is 5.10. The number of nitrogens with one attached hydrogen (secondary N) is 1. The molecule has 0 aromatic heterocycles. The molecule has 0 aromatic carbocycles. The molecular formula is C11H19Cl4NS. The fourth-order valence-electron chi connectivity index (χ4n) is 1.36. The van der Waals surface area contributed by atoms with Gasteiger partial charge in [0.25, 0.3) is 0 Å². The molecule has 0 amide bonds. The summed E-state index contributed by atoms with van der Waals surface area (Å²) in [6, 6.07) is 0. The zero-order valence-corrected chi connectivity index (χ0v) is 14.2. The van der Waals surface area contributed by atoms with Crippen molar-refractivity contribution in [2.45, 2.75) is 49.2 Å². The number of thiocarbonyl (C=S) groups is 1. The van der Waals surface area contributed by atoms with Crippen LogP contribution in [0.5, 0.6) is 0 Å². The average molecular weight is 339 g/mol. The van der Waals surface area contributed by atoms with Gasteiger partial charge in [-0.25, -0.2) is 0 Å². The van der Waals surface area contributed by atoms with Crippen LogP contribution in [0.15, 0.2) is 0 Å². The van der Waals surface area contributed by atoms with Crippen molar-refractivity contribution in [3.63, 3.8) is 0 Å². The molecule has 1 nitrogen and oxygen atoms in total. The maximum atomic E-state index is 6.30. The maximum absolute atomic E-state index is 6.30. The lowest BCUT2D eigenvalue weighted by Gasteiger charge is -2.32. The van der Waals surface area contributed by atoms with E-state index in [0.29, 0.717) is 6.42 Å². The first-order valence-electron chi connectivity index (χ1n) is 5.56. The predicted molar refractivity (Wildman–Crippen MR) is 83.8 cm³/mol. The van der Waals surface area contributed by atoms with Crippen LogP contribution in [0.2, 0.25) is 0 Å². The third-order valence-electron chi connectivity index (χ3n) is 2.63. The number of hydrogen-bond acceptors (Lipinski definition) is 1. The van der Waals surface area contributed by atoms with E-state index in [4.69, 9.17) is 58.6 Å². The van der Waals surface area contributed by atoms with Gasteiger partial charge < -0.3 is 5.32 Å². The molecule has 0 saturated heterocycles. The largest absolute Gasteiger partial charge is 0.380 e. The van der Waals surface area contributed by atoms with Gasteiger partial charge in [0, 0.05) is 18.3 Å². The molecule has 1 N–H and O–H groups in total. The fourth-order valence-corrected chi connectivity index (χ4v) is 2.64. The number of alkyl halides is 4. The topological polar surface area (TPSA) is 12.0 Å². The summed E-state index contributed by atoms with van der Waals surface area (Å²) >= 11 is 28.8. The summed E-state index contributed by atoms with van der Waals surface area (Å²) in [7, 11) is 0. The molecule has 0 spiro atoms. The Bertz CT molecular complexity index is 250. The van der Waals surface area contributed by atoms with Gasteiger partial charge in [-0.2, -0.15) is 0 Å². The Kier molecular flexibility index (Phi) is 8.06. The molecule has 0 saturated carbocycles. The molecule has 0 aromatic rings. The molecule has 1 unspecified atom stereocenters. The van der Waals surface area contributed by atoms with Crippen LogP contribution in [-0.2, 0) is 0 Å². The van der Waals surface area contributed by atoms with Crippen molar-refractivity contribution < 1.29 is 0 Å². The van der Waals surface area contributed by atoms with Crippen molar-refractivity contribution in [1.29, 1.82) is 0 Å². The molecule has 1 atom stereocenters. The average Bonchev–Trinajstić information content (AvgIpc) is 2.12. The highest BCUT2D eigenvalue weighted by atomic mass is 35.6. The first kappa shape index (κ1) is 18.0. The maximum Gasteiger partial charge on any atom is 0.192 e. The highest BCUT2D eigenvalue weighted by molar-refractivity contribution is 7.80. The summed E-state index contributed by atoms with van der Waals surface area (Å²) in [6.45, 7) is 6.99. The zero-order valence-electron chi connectivity index (χ0n) is 10.3. The van der Waals surface area contributed by atoms with Crippen LogP contribution in [0.3, 0.4) is 0 Å². The standard InChI is InChI=1S/C11H19Cl4NS/c1-4-16-9(17)5-6-10(2,3)8(12)7-11(13,14)15/h8H,4-7H2,1-3H3,(H,16,17). The van der Waals surface area contributed by atoms with E-state index < -0.39 is 3.79 Å². The smallest absolute Gasteiger partial charge is 0.192 e. The molecule has 0 aliphatic rings. The Morgan fingerprint density at radius 1 is 1.29 bits per heavy atom. The first-order chi connectivity index (χ1) is 7.58. The molecule has 0 heterocycles. The summed E-state index contributed by atoms with van der Waals surface area (Å²) in [5, 5.41) is 2.92. The summed E-state index contributed by atoms with van der Waals surface area (Å²) in [4.78, 5) is 0.860. The lowest BCUT2D eigenvalue weighted by atomic mass is 9.83. The molecule has 6 heteroatoms. The quantitative estimate of drug-likeness (QED) is 0.534. The molecule has 0 radical (unpaired) electrons. The Labute approximate surface area is 130 Å². The molecule has 0 aliphatic heterocycles. The minimum absolute atomic E-state index is 0.120. The van der Waals surface area contributed by atoms with Gasteiger partial charge in [-0.15, -0.1) is 11.6 Å². The summed E-state index contributed by atoms with van der Waals surface area (Å²) in [5.41, 5.74) is -0.120. The van der Waals surface area contributed by atoms with Crippen molar-refractivity contribution in [2.75, 3.05) is 6.54 Å². The molecule has 0 fully saturated rings. The van der Waals surface area contributed by atoms with Gasteiger partial charge in [0.1, 0.15) is 0 Å². The van der Waals surface area contributed by atoms with E-state index in [1.54, 1.807) is 0 Å². The van der Waals surface area contributed by atoms with E-state index in [0.717, 1.165) is 24.4 Å². The Hall–Kier alpha value is 1.05. The van der Waals surface area contributed by atoms with Crippen LogP contribution < -0.4 is 5.32 Å². The van der Waals surface area contributed by atoms with Crippen LogP contribution >= 0.6 is 58.6 Å². The molecular weight excluding hydrogens is 320 g/mol. The van der Waals surface area contributed by atoms with Gasteiger partial charge in [-0.1, -0.05) is 60.9 Å². The van der Waals surface area contributed by atoms with Crippen LogP contribution in [0, 0.1) is 5.41 Å². The Morgan fingerprint density at radius 2 is 1.82 bits per heavy atom. The van der Waals surface area contributed by atoms with Gasteiger partial charge in [0.05, 0.1) is 4.99 Å². The van der Waals surface area contributed by atoms with E-state index >= 15 is 0 Å². The first-order valence-corrected chi connectivity index (χ1v) is 7.54. The van der Waals surface area contributed by atoms with Gasteiger partial charge in [0.2, 0.25) is 0 Å². The van der Waals surface area contributed by atoms with Crippen LogP contribution in [0.4, 0.5) is 0 Å². The minimum Gasteiger partial charge on any atom is -0.380 e. The zero-order chi connectivity index (χ0) is 13.7. The fraction of sp³-hybridized carbons (Fsp3) is 0.909. The number of rotatable bonds is 6. The summed E-state index contributed by atoms with van der Waals surface area (Å²) in [5.74, 6) is 0. The summed E-state index contributed by atoms with van der Waals surface area (Å²) in [6.07, 6.45) is 2.01. The second kappa shape index (κ2) is 7.59. The Morgan fingerprint density at radius 3 is 2.24 bits per heavy atom. The van der Waals surface area contributed by atoms with E-state index in [-0.39, 0.29) is 10.8 Å². The van der Waals surface area contributed by atoms with E-state index in [9.17, 15) is 0 Å². The van der Waals surface area contributed by atoms with Crippen molar-refractivity contribution in [1.82, 2.24) is 5.32 Å². The van der Waals surface area contributed by atoms with Crippen molar-refractivity contribution in [3.8, 4) is 0 Å². The highest BCUT2D eigenvalue weighted by Crippen LogP contribution is 2.41. The van der Waals surface area contributed by atoms with Crippen molar-refractivity contribution in [2.24, 2.45) is 5.41 Å². The van der Waals surface area contributed by atoms with E-state index in [2.05, 4.69) is 19.2 Å².